The second-order valence-electron chi connectivity index (χ2n) is 8.11. The summed E-state index contributed by atoms with van der Waals surface area (Å²) in [4.78, 5) is 33.2. The molecule has 0 aliphatic heterocycles. The third kappa shape index (κ3) is 2.91. The molecule has 0 spiro atoms. The van der Waals surface area contributed by atoms with Crippen LogP contribution in [0.5, 0.6) is 0 Å². The standard InChI is InChI=1S/C26H24N2O2/c1-3-5-15-8-10-21-18(11-15)26(30)20-14-24-19(13-23(20)27-21)25(29)17-9-7-16(6-4-2)12-22(17)28-24/h7-14H,3-6H2,1-2H3,(H,27,30)(H,28,29). The van der Waals surface area contributed by atoms with Gasteiger partial charge in [-0.3, -0.25) is 9.59 Å². The van der Waals surface area contributed by atoms with Gasteiger partial charge in [0.25, 0.3) is 0 Å². The molecular weight excluding hydrogens is 372 g/mol. The van der Waals surface area contributed by atoms with Crippen molar-refractivity contribution in [1.29, 1.82) is 0 Å². The fourth-order valence-electron chi connectivity index (χ4n) is 4.43. The van der Waals surface area contributed by atoms with Gasteiger partial charge in [-0.2, -0.15) is 0 Å². The van der Waals surface area contributed by atoms with E-state index < -0.39 is 0 Å². The fraction of sp³-hybridized carbons (Fsp3) is 0.231. The zero-order valence-corrected chi connectivity index (χ0v) is 17.3. The molecule has 0 unspecified atom stereocenters. The molecule has 150 valence electrons. The molecule has 2 aromatic heterocycles. The van der Waals surface area contributed by atoms with Gasteiger partial charge in [0, 0.05) is 27.1 Å². The van der Waals surface area contributed by atoms with Crippen LogP contribution in [0.3, 0.4) is 0 Å². The number of H-pyrrole nitrogens is 2. The van der Waals surface area contributed by atoms with E-state index in [1.54, 1.807) is 0 Å². The number of pyridine rings is 2. The smallest absolute Gasteiger partial charge is 0.197 e. The van der Waals surface area contributed by atoms with Crippen LogP contribution < -0.4 is 10.9 Å². The molecule has 4 heteroatoms. The molecule has 0 bridgehead atoms. The number of aromatic nitrogens is 2. The molecule has 0 saturated heterocycles. The van der Waals surface area contributed by atoms with Crippen molar-refractivity contribution in [1.82, 2.24) is 9.97 Å². The predicted octanol–water partition coefficient (Wildman–Crippen LogP) is 5.58. The molecule has 3 aromatic carbocycles. The first-order chi connectivity index (χ1) is 14.6. The molecule has 4 nitrogen and oxygen atoms in total. The van der Waals surface area contributed by atoms with Crippen molar-refractivity contribution < 1.29 is 0 Å². The van der Waals surface area contributed by atoms with Gasteiger partial charge in [-0.05, 0) is 60.4 Å². The minimum atomic E-state index is -0.0112. The number of hydrogen-bond donors (Lipinski definition) is 2. The maximum absolute atomic E-state index is 13.3. The highest BCUT2D eigenvalue weighted by molar-refractivity contribution is 6.02. The first kappa shape index (κ1) is 18.6. The number of hydrogen-bond acceptors (Lipinski definition) is 2. The van der Waals surface area contributed by atoms with Crippen LogP contribution in [0.4, 0.5) is 0 Å². The van der Waals surface area contributed by atoms with Crippen LogP contribution >= 0.6 is 0 Å². The lowest BCUT2D eigenvalue weighted by molar-refractivity contribution is 0.923. The van der Waals surface area contributed by atoms with Crippen LogP contribution in [0.2, 0.25) is 0 Å². The Kier molecular flexibility index (Phi) is 4.43. The van der Waals surface area contributed by atoms with Crippen molar-refractivity contribution in [3.63, 3.8) is 0 Å². The zero-order valence-electron chi connectivity index (χ0n) is 17.3. The summed E-state index contributed by atoms with van der Waals surface area (Å²) >= 11 is 0. The van der Waals surface area contributed by atoms with E-state index in [9.17, 15) is 9.59 Å². The SMILES string of the molecule is CCCc1ccc2c(=O)c3cc4[nH]c5ccc(CCC)cc5c(=O)c4cc3[nH]c2c1. The molecule has 0 fully saturated rings. The highest BCUT2D eigenvalue weighted by Gasteiger charge is 2.12. The maximum atomic E-state index is 13.3. The second-order valence-corrected chi connectivity index (χ2v) is 8.11. The second kappa shape index (κ2) is 7.13. The Morgan fingerprint density at radius 3 is 1.73 bits per heavy atom. The Morgan fingerprint density at radius 1 is 0.567 bits per heavy atom. The average Bonchev–Trinajstić information content (AvgIpc) is 2.74. The van der Waals surface area contributed by atoms with Crippen molar-refractivity contribution in [3.05, 3.63) is 80.1 Å². The minimum absolute atomic E-state index is 0.000664. The molecule has 0 saturated carbocycles. The predicted molar refractivity (Wildman–Crippen MR) is 126 cm³/mol. The van der Waals surface area contributed by atoms with E-state index in [1.165, 1.54) is 11.1 Å². The van der Waals surface area contributed by atoms with Crippen LogP contribution in [0, 0.1) is 0 Å². The highest BCUT2D eigenvalue weighted by atomic mass is 16.1. The third-order valence-corrected chi connectivity index (χ3v) is 5.92. The lowest BCUT2D eigenvalue weighted by Crippen LogP contribution is -2.08. The molecule has 2 N–H and O–H groups in total. The van der Waals surface area contributed by atoms with E-state index >= 15 is 0 Å². The van der Waals surface area contributed by atoms with Gasteiger partial charge in [-0.25, -0.2) is 0 Å². The van der Waals surface area contributed by atoms with Gasteiger partial charge in [0.05, 0.1) is 16.6 Å². The molecular formula is C26H24N2O2. The Morgan fingerprint density at radius 2 is 1.07 bits per heavy atom. The van der Waals surface area contributed by atoms with Gasteiger partial charge in [-0.1, -0.05) is 38.8 Å². The summed E-state index contributed by atoms with van der Waals surface area (Å²) in [5.41, 5.74) is 5.36. The van der Waals surface area contributed by atoms with Crippen LogP contribution in [0.1, 0.15) is 37.8 Å². The molecule has 5 rings (SSSR count). The lowest BCUT2D eigenvalue weighted by atomic mass is 10.0. The van der Waals surface area contributed by atoms with Crippen LogP contribution in [-0.2, 0) is 12.8 Å². The van der Waals surface area contributed by atoms with Crippen LogP contribution in [0.15, 0.2) is 58.1 Å². The summed E-state index contributed by atoms with van der Waals surface area (Å²) in [5.74, 6) is 0. The molecule has 30 heavy (non-hydrogen) atoms. The lowest BCUT2D eigenvalue weighted by Gasteiger charge is -2.09. The largest absolute Gasteiger partial charge is 0.354 e. The van der Waals surface area contributed by atoms with Crippen LogP contribution in [-0.4, -0.2) is 9.97 Å². The van der Waals surface area contributed by atoms with Gasteiger partial charge in [0.15, 0.2) is 10.9 Å². The summed E-state index contributed by atoms with van der Waals surface area (Å²) in [6.07, 6.45) is 4.01. The Labute approximate surface area is 173 Å². The van der Waals surface area contributed by atoms with E-state index in [2.05, 4.69) is 29.9 Å². The Hall–Kier alpha value is -3.40. The van der Waals surface area contributed by atoms with Gasteiger partial charge >= 0.3 is 0 Å². The summed E-state index contributed by atoms with van der Waals surface area (Å²) in [5, 5.41) is 2.56. The number of fused-ring (bicyclic) bond motifs is 4. The number of aryl methyl sites for hydroxylation is 2. The minimum Gasteiger partial charge on any atom is -0.354 e. The van der Waals surface area contributed by atoms with Gasteiger partial charge in [0.1, 0.15) is 0 Å². The van der Waals surface area contributed by atoms with Crippen molar-refractivity contribution in [2.24, 2.45) is 0 Å². The van der Waals surface area contributed by atoms with Gasteiger partial charge in [0.2, 0.25) is 0 Å². The fourth-order valence-corrected chi connectivity index (χ4v) is 4.43. The molecule has 5 aromatic rings. The summed E-state index contributed by atoms with van der Waals surface area (Å²) in [6.45, 7) is 4.27. The third-order valence-electron chi connectivity index (χ3n) is 5.92. The van der Waals surface area contributed by atoms with E-state index in [-0.39, 0.29) is 10.9 Å². The molecule has 0 amide bonds. The summed E-state index contributed by atoms with van der Waals surface area (Å²) in [6, 6.07) is 15.6. The first-order valence-electron chi connectivity index (χ1n) is 10.7. The molecule has 0 radical (unpaired) electrons. The first-order valence-corrected chi connectivity index (χ1v) is 10.7. The maximum Gasteiger partial charge on any atom is 0.197 e. The number of rotatable bonds is 4. The summed E-state index contributed by atoms with van der Waals surface area (Å²) < 4.78 is 0. The Balaban J connectivity index is 1.83. The average molecular weight is 396 g/mol. The van der Waals surface area contributed by atoms with Crippen molar-refractivity contribution in [2.45, 2.75) is 39.5 Å². The monoisotopic (exact) mass is 396 g/mol. The highest BCUT2D eigenvalue weighted by Crippen LogP contribution is 2.23. The molecule has 2 heterocycles. The molecule has 0 aliphatic rings. The Bertz CT molecular complexity index is 1560. The van der Waals surface area contributed by atoms with E-state index in [1.807, 2.05) is 42.5 Å². The van der Waals surface area contributed by atoms with Crippen molar-refractivity contribution in [3.8, 4) is 0 Å². The zero-order chi connectivity index (χ0) is 20.8. The van der Waals surface area contributed by atoms with Crippen molar-refractivity contribution >= 4 is 43.6 Å². The van der Waals surface area contributed by atoms with Crippen LogP contribution in [0.25, 0.3) is 43.6 Å². The van der Waals surface area contributed by atoms with Gasteiger partial charge in [-0.15, -0.1) is 0 Å². The molecule has 0 atom stereocenters. The van der Waals surface area contributed by atoms with E-state index in [0.29, 0.717) is 32.6 Å². The van der Waals surface area contributed by atoms with E-state index in [4.69, 9.17) is 0 Å². The normalized spacial score (nSPS) is 11.8. The summed E-state index contributed by atoms with van der Waals surface area (Å²) in [7, 11) is 0. The number of nitrogens with one attached hydrogen (secondary N) is 2. The van der Waals surface area contributed by atoms with Gasteiger partial charge < -0.3 is 9.97 Å². The number of aromatic amines is 2. The van der Waals surface area contributed by atoms with E-state index in [0.717, 1.165) is 36.7 Å². The quantitative estimate of drug-likeness (QED) is 0.389. The molecule has 0 aliphatic carbocycles. The topological polar surface area (TPSA) is 65.7 Å². The van der Waals surface area contributed by atoms with Crippen molar-refractivity contribution in [2.75, 3.05) is 0 Å². The number of benzene rings is 3.